The molecule has 0 saturated carbocycles. The number of aromatic nitrogens is 4. The van der Waals surface area contributed by atoms with Crippen LogP contribution in [-0.2, 0) is 49.4 Å². The average molecular weight is 2120 g/mol. The molecule has 0 radical (unpaired) electrons. The van der Waals surface area contributed by atoms with Gasteiger partial charge in [-0.05, 0) is 282 Å². The van der Waals surface area contributed by atoms with Crippen LogP contribution in [0, 0.1) is 0 Å². The van der Waals surface area contributed by atoms with Crippen LogP contribution >= 0.6 is 78.3 Å². The van der Waals surface area contributed by atoms with Crippen molar-refractivity contribution in [2.24, 2.45) is 0 Å². The predicted molar refractivity (Wildman–Crippen MR) is 554 cm³/mol. The second-order valence-electron chi connectivity index (χ2n) is 34.8. The summed E-state index contributed by atoms with van der Waals surface area (Å²) in [6, 6.07) is 65.2. The molecule has 732 valence electrons. The van der Waals surface area contributed by atoms with Crippen LogP contribution in [0.15, 0.2) is 227 Å². The second-order valence-corrected chi connectivity index (χ2v) is 38.4. The number of hydrogen-bond donors (Lipinski definition) is 9. The monoisotopic (exact) mass is 2110 g/mol. The number of anilines is 2. The Balaban J connectivity index is 0.000000136. The van der Waals surface area contributed by atoms with E-state index in [2.05, 4.69) is 90.1 Å². The Kier molecular flexibility index (Phi) is 33.1. The SMILES string of the molecule is CC(C)OC(=O)Nc1ccc(C2c3[nH]c4ccc(Cl)cc4c3CCN2C(=O)Oc2ccc(Cl)cc2)cc1.CCOC(=O)N1CCc2c([nH]c3ccc(Br)cc23)C1c1ccc(C(=O)NCCN2CCOCC2)cc1.CCOC(=O)N1CCc2c([nH]c3ccc(Br)cc23)C1c1ccc(C(=O)NCCO)cc1.CN(C)CC(=O)Nc1ccc(C2c3[nH]c4ccc(Cl)cc4c3CCN2C(=O)Oc2ccc(Cl)cc2)cc1. The molecule has 1 fully saturated rings. The minimum Gasteiger partial charge on any atom is -0.450 e. The van der Waals surface area contributed by atoms with Crippen LogP contribution < -0.4 is 30.7 Å². The van der Waals surface area contributed by atoms with Crippen molar-refractivity contribution in [3.8, 4) is 11.5 Å². The molecular weight excluding hydrogens is 2010 g/mol. The van der Waals surface area contributed by atoms with Gasteiger partial charge in [0, 0.05) is 177 Å². The molecule has 9 heterocycles. The third-order valence-electron chi connectivity index (χ3n) is 24.8. The van der Waals surface area contributed by atoms with E-state index in [1.165, 1.54) is 11.1 Å². The molecule has 8 amide bonds. The third-order valence-corrected chi connectivity index (χ3v) is 26.8. The lowest BCUT2D eigenvalue weighted by molar-refractivity contribution is -0.116. The largest absolute Gasteiger partial charge is 0.450 e. The number of ether oxygens (including phenoxy) is 6. The van der Waals surface area contributed by atoms with Gasteiger partial charge < -0.3 is 74.3 Å². The number of halogens is 6. The highest BCUT2D eigenvalue weighted by Crippen LogP contribution is 2.46. The minimum absolute atomic E-state index is 0.0987. The van der Waals surface area contributed by atoms with Gasteiger partial charge in [-0.3, -0.25) is 44.2 Å². The third kappa shape index (κ3) is 24.1. The molecule has 5 aliphatic rings. The van der Waals surface area contributed by atoms with Crippen LogP contribution in [0.25, 0.3) is 43.6 Å². The maximum atomic E-state index is 13.4. The number of hydrogen-bond acceptors (Lipinski definition) is 17. The van der Waals surface area contributed by atoms with Crippen LogP contribution in [0.4, 0.5) is 35.3 Å². The van der Waals surface area contributed by atoms with Gasteiger partial charge in [-0.2, -0.15) is 0 Å². The van der Waals surface area contributed by atoms with E-state index in [0.717, 1.165) is 154 Å². The molecule has 29 nitrogen and oxygen atoms in total. The number of H-pyrrole nitrogens is 4. The number of carbonyl (C=O) groups excluding carboxylic acids is 8. The molecule has 1 saturated heterocycles. The highest BCUT2D eigenvalue weighted by molar-refractivity contribution is 9.10. The number of benzene rings is 10. The zero-order valence-electron chi connectivity index (χ0n) is 78.2. The first-order chi connectivity index (χ1) is 68.1. The van der Waals surface area contributed by atoms with Gasteiger partial charge in [0.1, 0.15) is 35.7 Å². The summed E-state index contributed by atoms with van der Waals surface area (Å²) in [5.74, 6) is 0.379. The van der Waals surface area contributed by atoms with Gasteiger partial charge in [0.2, 0.25) is 5.91 Å². The van der Waals surface area contributed by atoms with Gasteiger partial charge in [0.25, 0.3) is 11.8 Å². The predicted octanol–water partition coefficient (Wildman–Crippen LogP) is 21.6. The molecule has 0 bridgehead atoms. The number of aromatic amines is 4. The molecule has 5 aliphatic heterocycles. The summed E-state index contributed by atoms with van der Waals surface area (Å²) in [7, 11) is 3.68. The lowest BCUT2D eigenvalue weighted by atomic mass is 9.92. The standard InChI is InChI=1S/C28H26Cl2N4O3.C28H25Cl2N3O4.C27H31BrN4O4.C23H24BrN3O4/c1-33(2)16-25(35)31-20-8-3-17(4-9-20)27-26-22(23-15-19(30)7-12-24(23)32-26)13-14-34(27)28(36)37-21-10-5-18(29)6-11-21;1-16(2)36-27(34)31-20-8-3-17(4-9-20)26-25-22(23-15-19(30)7-12-24(23)32-25)13-14-33(26)28(35)37-21-10-5-18(29)6-11-21;1-2-36-27(34)32-11-9-21-22-17-20(28)7-8-23(22)30-24(21)25(32)18-3-5-19(6-4-18)26(33)29-10-12-31-13-15-35-16-14-31;1-2-31-23(30)27-11-9-17-18-13-16(24)7-8-19(18)26-20(17)21(27)14-3-5-15(6-4-14)22(29)25-10-12-28/h3-12,15,27,32H,13-14,16H2,1-2H3,(H,31,35);3-12,15-16,26,32H,13-14H2,1-2H3,(H,31,34);3-8,17,25,30H,2,9-16H2,1H3,(H,29,33);3-8,13,21,26,28H,2,9-12H2,1H3,(H,25,29). The minimum atomic E-state index is -0.525. The first kappa shape index (κ1) is 101. The second kappa shape index (κ2) is 46.2. The highest BCUT2D eigenvalue weighted by atomic mass is 79.9. The molecule has 0 spiro atoms. The lowest BCUT2D eigenvalue weighted by Gasteiger charge is -2.35. The molecule has 9 N–H and O–H groups in total. The van der Waals surface area contributed by atoms with Gasteiger partial charge in [0.05, 0.1) is 45.7 Å². The zero-order valence-corrected chi connectivity index (χ0v) is 84.4. The van der Waals surface area contributed by atoms with E-state index >= 15 is 0 Å². The van der Waals surface area contributed by atoms with Crippen LogP contribution in [0.5, 0.6) is 11.5 Å². The van der Waals surface area contributed by atoms with Crippen molar-refractivity contribution in [1.82, 2.24) is 60.0 Å². The normalized spacial score (nSPS) is 15.9. The topological polar surface area (TPSA) is 343 Å². The smallest absolute Gasteiger partial charge is 0.416 e. The van der Waals surface area contributed by atoms with Crippen molar-refractivity contribution < 1.29 is 71.9 Å². The Morgan fingerprint density at radius 2 is 0.773 bits per heavy atom. The van der Waals surface area contributed by atoms with E-state index in [4.69, 9.17) is 79.9 Å². The molecule has 4 unspecified atom stereocenters. The lowest BCUT2D eigenvalue weighted by Crippen LogP contribution is -2.42. The van der Waals surface area contributed by atoms with Crippen molar-refractivity contribution in [2.75, 3.05) is 123 Å². The van der Waals surface area contributed by atoms with E-state index in [1.54, 1.807) is 118 Å². The number of fused-ring (bicyclic) bond motifs is 12. The van der Waals surface area contributed by atoms with Gasteiger partial charge in [0.15, 0.2) is 0 Å². The van der Waals surface area contributed by atoms with Crippen LogP contribution in [0.2, 0.25) is 20.1 Å². The number of nitrogens with zero attached hydrogens (tertiary/aromatic N) is 6. The molecule has 4 atom stereocenters. The molecule has 0 aliphatic carbocycles. The van der Waals surface area contributed by atoms with Crippen molar-refractivity contribution in [3.63, 3.8) is 0 Å². The number of aliphatic hydroxyl groups excluding tert-OH is 1. The fourth-order valence-electron chi connectivity index (χ4n) is 18.5. The fourth-order valence-corrected chi connectivity index (χ4v) is 19.8. The first-order valence-corrected chi connectivity index (χ1v) is 49.6. The summed E-state index contributed by atoms with van der Waals surface area (Å²) in [4.78, 5) is 127. The Bertz CT molecular complexity index is 6660. The fraction of sp³-hybridized carbons (Fsp3) is 0.283. The molecule has 141 heavy (non-hydrogen) atoms. The number of aliphatic hydroxyl groups is 1. The summed E-state index contributed by atoms with van der Waals surface area (Å²) in [6.45, 7) is 14.9. The first-order valence-electron chi connectivity index (χ1n) is 46.5. The maximum Gasteiger partial charge on any atom is 0.416 e. The summed E-state index contributed by atoms with van der Waals surface area (Å²) >= 11 is 31.7. The van der Waals surface area contributed by atoms with Gasteiger partial charge in [-0.25, -0.2) is 24.0 Å². The number of morpholine rings is 1. The van der Waals surface area contributed by atoms with Gasteiger partial charge >= 0.3 is 30.5 Å². The van der Waals surface area contributed by atoms with Crippen molar-refractivity contribution in [2.45, 2.75) is 83.6 Å². The molecule has 19 rings (SSSR count). The number of nitrogens with one attached hydrogen (secondary N) is 8. The van der Waals surface area contributed by atoms with E-state index < -0.39 is 30.4 Å². The van der Waals surface area contributed by atoms with Crippen LogP contribution in [-0.4, -0.2) is 221 Å². The van der Waals surface area contributed by atoms with Crippen molar-refractivity contribution >= 4 is 181 Å². The number of rotatable bonds is 20. The van der Waals surface area contributed by atoms with E-state index in [9.17, 15) is 38.4 Å². The van der Waals surface area contributed by atoms with Gasteiger partial charge in [-0.15, -0.1) is 0 Å². The number of carbonyl (C=O) groups is 8. The molecular formula is C106H106Br2Cl4N14O15. The summed E-state index contributed by atoms with van der Waals surface area (Å²) in [6.07, 6.45) is 0.381. The maximum absolute atomic E-state index is 13.4. The molecule has 35 heteroatoms. The molecule has 14 aromatic rings. The number of likely N-dealkylation sites (N-methyl/N-ethyl adjacent to an activating group) is 1. The Morgan fingerprint density at radius 3 is 1.13 bits per heavy atom. The zero-order chi connectivity index (χ0) is 99.2. The summed E-state index contributed by atoms with van der Waals surface area (Å²) < 4.78 is 34.7. The molecule has 4 aromatic heterocycles. The van der Waals surface area contributed by atoms with Crippen LogP contribution in [0.3, 0.4) is 0 Å². The molecule has 10 aromatic carbocycles. The van der Waals surface area contributed by atoms with E-state index in [-0.39, 0.29) is 67.8 Å². The van der Waals surface area contributed by atoms with E-state index in [1.807, 2.05) is 154 Å². The van der Waals surface area contributed by atoms with Crippen LogP contribution in [0.1, 0.15) is 140 Å². The quantitative estimate of drug-likeness (QED) is 0.0320. The highest BCUT2D eigenvalue weighted by Gasteiger charge is 2.41. The van der Waals surface area contributed by atoms with Gasteiger partial charge in [-0.1, -0.05) is 127 Å². The Hall–Kier alpha value is -12.9. The summed E-state index contributed by atoms with van der Waals surface area (Å²) in [5.41, 5.74) is 18.3. The summed E-state index contributed by atoms with van der Waals surface area (Å²) in [5, 5.41) is 27.0. The Morgan fingerprint density at radius 1 is 0.433 bits per heavy atom. The van der Waals surface area contributed by atoms with Crippen molar-refractivity contribution in [3.05, 3.63) is 326 Å². The van der Waals surface area contributed by atoms with Crippen molar-refractivity contribution in [1.29, 1.82) is 0 Å². The van der Waals surface area contributed by atoms with E-state index in [0.29, 0.717) is 113 Å². The Labute approximate surface area is 851 Å². The number of amides is 8. The average Bonchev–Trinajstić information content (AvgIpc) is 1.62.